The summed E-state index contributed by atoms with van der Waals surface area (Å²) in [6.07, 6.45) is 5.42. The number of nitrogens with one attached hydrogen (secondary N) is 1. The van der Waals surface area contributed by atoms with Crippen LogP contribution in [0.2, 0.25) is 0 Å². The van der Waals surface area contributed by atoms with Crippen LogP contribution in [0.4, 0.5) is 0 Å². The molecule has 0 amide bonds. The van der Waals surface area contributed by atoms with Gasteiger partial charge in [-0.3, -0.25) is 4.98 Å². The highest BCUT2D eigenvalue weighted by Crippen LogP contribution is 2.42. The van der Waals surface area contributed by atoms with Crippen molar-refractivity contribution >= 4 is 17.3 Å². The van der Waals surface area contributed by atoms with E-state index < -0.39 is 0 Å². The minimum atomic E-state index is -0.0708. The maximum absolute atomic E-state index is 5.78. The summed E-state index contributed by atoms with van der Waals surface area (Å²) in [5, 5.41) is 4.21. The number of aromatic nitrogens is 3. The van der Waals surface area contributed by atoms with Crippen LogP contribution < -0.4 is 5.32 Å². The first-order chi connectivity index (χ1) is 15.5. The summed E-state index contributed by atoms with van der Waals surface area (Å²) in [4.78, 5) is 11.5. The fourth-order valence-corrected chi connectivity index (χ4v) is 4.82. The molecule has 7 heteroatoms. The number of aryl methyl sites for hydroxylation is 2. The van der Waals surface area contributed by atoms with Crippen LogP contribution in [-0.4, -0.2) is 24.5 Å². The third-order valence-electron chi connectivity index (χ3n) is 6.02. The van der Waals surface area contributed by atoms with Crippen molar-refractivity contribution in [3.63, 3.8) is 0 Å². The van der Waals surface area contributed by atoms with Gasteiger partial charge in [-0.1, -0.05) is 12.1 Å². The van der Waals surface area contributed by atoms with Gasteiger partial charge >= 0.3 is 0 Å². The van der Waals surface area contributed by atoms with E-state index in [9.17, 15) is 0 Å². The van der Waals surface area contributed by atoms with E-state index in [1.807, 2.05) is 49.6 Å². The van der Waals surface area contributed by atoms with Crippen LogP contribution >= 0.6 is 12.2 Å². The van der Waals surface area contributed by atoms with Gasteiger partial charge in [0, 0.05) is 23.8 Å². The van der Waals surface area contributed by atoms with Crippen LogP contribution in [0.15, 0.2) is 71.6 Å². The molecular weight excluding hydrogens is 418 g/mol. The minimum Gasteiger partial charge on any atom is -0.467 e. The average Bonchev–Trinajstić information content (AvgIpc) is 3.49. The van der Waals surface area contributed by atoms with Gasteiger partial charge in [0.15, 0.2) is 5.11 Å². The van der Waals surface area contributed by atoms with Crippen molar-refractivity contribution in [3.8, 4) is 5.82 Å². The molecule has 5 rings (SSSR count). The Hall–Kier alpha value is -3.45. The maximum atomic E-state index is 5.78. The normalized spacial score (nSPS) is 18.2. The van der Waals surface area contributed by atoms with Crippen molar-refractivity contribution in [1.82, 2.24) is 24.8 Å². The fraction of sp³-hybridized carbons (Fsp3) is 0.240. The first-order valence-corrected chi connectivity index (χ1v) is 11.1. The van der Waals surface area contributed by atoms with Crippen molar-refractivity contribution in [2.75, 3.05) is 0 Å². The number of hydrogen-bond acceptors (Lipinski definition) is 4. The molecule has 0 saturated carbocycles. The van der Waals surface area contributed by atoms with Crippen LogP contribution in [0, 0.1) is 20.8 Å². The molecule has 1 N–H and O–H groups in total. The van der Waals surface area contributed by atoms with Crippen LogP contribution in [0.1, 0.15) is 46.1 Å². The highest BCUT2D eigenvalue weighted by Gasteiger charge is 2.41. The molecule has 1 aliphatic heterocycles. The Labute approximate surface area is 192 Å². The SMILES string of the molecule is Cc1ccc(-n2c(C)cc([C@@H]3[C@@H](c4ccccn4)NC(=S)N3Cc3ccco3)c2C)nc1. The van der Waals surface area contributed by atoms with E-state index in [0.29, 0.717) is 11.7 Å². The molecule has 32 heavy (non-hydrogen) atoms. The topological polar surface area (TPSA) is 59.1 Å². The molecule has 1 fully saturated rings. The Morgan fingerprint density at radius 2 is 1.94 bits per heavy atom. The molecule has 4 aromatic heterocycles. The summed E-state index contributed by atoms with van der Waals surface area (Å²) in [5.74, 6) is 1.78. The Morgan fingerprint density at radius 1 is 1.06 bits per heavy atom. The standard InChI is InChI=1S/C25H25N5OS/c1-16-9-10-22(27-14-16)30-17(2)13-20(18(30)3)24-23(21-8-4-5-11-26-21)28-25(32)29(24)15-19-7-6-12-31-19/h4-14,23-24H,15H2,1-3H3,(H,28,32)/t23-,24-/m1/s1. The molecule has 1 aliphatic rings. The van der Waals surface area contributed by atoms with Crippen LogP contribution in [0.3, 0.4) is 0 Å². The van der Waals surface area contributed by atoms with Gasteiger partial charge in [-0.15, -0.1) is 0 Å². The van der Waals surface area contributed by atoms with E-state index in [1.165, 1.54) is 5.56 Å². The predicted molar refractivity (Wildman–Crippen MR) is 127 cm³/mol. The lowest BCUT2D eigenvalue weighted by molar-refractivity contribution is 0.286. The third-order valence-corrected chi connectivity index (χ3v) is 6.37. The molecule has 0 spiro atoms. The van der Waals surface area contributed by atoms with Gasteiger partial charge in [0.2, 0.25) is 0 Å². The monoisotopic (exact) mass is 443 g/mol. The molecule has 0 bridgehead atoms. The molecule has 162 valence electrons. The van der Waals surface area contributed by atoms with Crippen molar-refractivity contribution in [3.05, 3.63) is 101 Å². The van der Waals surface area contributed by atoms with Gasteiger partial charge in [-0.25, -0.2) is 4.98 Å². The molecule has 0 aromatic carbocycles. The molecule has 0 unspecified atom stereocenters. The molecule has 1 saturated heterocycles. The van der Waals surface area contributed by atoms with E-state index in [2.05, 4.69) is 56.8 Å². The summed E-state index contributed by atoms with van der Waals surface area (Å²) >= 11 is 5.78. The van der Waals surface area contributed by atoms with Gasteiger partial charge in [0.25, 0.3) is 0 Å². The lowest BCUT2D eigenvalue weighted by Crippen LogP contribution is -2.29. The van der Waals surface area contributed by atoms with Gasteiger partial charge in [0.05, 0.1) is 30.6 Å². The first kappa shape index (κ1) is 20.5. The van der Waals surface area contributed by atoms with Gasteiger partial charge in [0.1, 0.15) is 11.6 Å². The van der Waals surface area contributed by atoms with Gasteiger partial charge in [-0.2, -0.15) is 0 Å². The molecule has 4 aromatic rings. The van der Waals surface area contributed by atoms with E-state index in [4.69, 9.17) is 16.6 Å². The highest BCUT2D eigenvalue weighted by atomic mass is 32.1. The molecule has 2 atom stereocenters. The van der Waals surface area contributed by atoms with Crippen molar-refractivity contribution in [1.29, 1.82) is 0 Å². The zero-order chi connectivity index (χ0) is 22.2. The largest absolute Gasteiger partial charge is 0.467 e. The molecule has 0 aliphatic carbocycles. The summed E-state index contributed by atoms with van der Waals surface area (Å²) in [5.41, 5.74) is 5.56. The Balaban J connectivity index is 1.62. The summed E-state index contributed by atoms with van der Waals surface area (Å²) in [6.45, 7) is 6.89. The van der Waals surface area contributed by atoms with E-state index in [-0.39, 0.29) is 12.1 Å². The van der Waals surface area contributed by atoms with E-state index in [0.717, 1.165) is 34.2 Å². The number of rotatable bonds is 5. The van der Waals surface area contributed by atoms with Gasteiger partial charge < -0.3 is 19.2 Å². The maximum Gasteiger partial charge on any atom is 0.170 e. The first-order valence-electron chi connectivity index (χ1n) is 10.7. The Morgan fingerprint density at radius 3 is 2.62 bits per heavy atom. The molecular formula is C25H25N5OS. The second kappa shape index (κ2) is 8.24. The molecule has 6 nitrogen and oxygen atoms in total. The predicted octanol–water partition coefficient (Wildman–Crippen LogP) is 4.96. The van der Waals surface area contributed by atoms with Crippen molar-refractivity contribution in [2.24, 2.45) is 0 Å². The average molecular weight is 444 g/mol. The van der Waals surface area contributed by atoms with Gasteiger partial charge in [-0.05, 0) is 80.5 Å². The fourth-order valence-electron chi connectivity index (χ4n) is 4.52. The Bertz CT molecular complexity index is 1230. The zero-order valence-electron chi connectivity index (χ0n) is 18.3. The summed E-state index contributed by atoms with van der Waals surface area (Å²) in [7, 11) is 0. The van der Waals surface area contributed by atoms with E-state index in [1.54, 1.807) is 6.26 Å². The quantitative estimate of drug-likeness (QED) is 0.440. The number of furan rings is 1. The van der Waals surface area contributed by atoms with Crippen LogP contribution in [0.25, 0.3) is 5.82 Å². The zero-order valence-corrected chi connectivity index (χ0v) is 19.1. The van der Waals surface area contributed by atoms with E-state index >= 15 is 0 Å². The highest BCUT2D eigenvalue weighted by molar-refractivity contribution is 7.80. The summed E-state index contributed by atoms with van der Waals surface area (Å²) < 4.78 is 7.85. The second-order valence-corrected chi connectivity index (χ2v) is 8.58. The lowest BCUT2D eigenvalue weighted by atomic mass is 9.96. The Kier molecular flexibility index (Phi) is 5.27. The minimum absolute atomic E-state index is 0.0344. The smallest absolute Gasteiger partial charge is 0.170 e. The molecule has 5 heterocycles. The summed E-state index contributed by atoms with van der Waals surface area (Å²) in [6, 6.07) is 16.2. The lowest BCUT2D eigenvalue weighted by Gasteiger charge is -2.27. The number of pyridine rings is 2. The molecule has 0 radical (unpaired) electrons. The van der Waals surface area contributed by atoms with Crippen molar-refractivity contribution in [2.45, 2.75) is 39.4 Å². The van der Waals surface area contributed by atoms with Crippen LogP contribution in [-0.2, 0) is 6.54 Å². The number of hydrogen-bond donors (Lipinski definition) is 1. The number of thiocarbonyl (C=S) groups is 1. The second-order valence-electron chi connectivity index (χ2n) is 8.19. The third kappa shape index (κ3) is 3.58. The van der Waals surface area contributed by atoms with Crippen LogP contribution in [0.5, 0.6) is 0 Å². The number of nitrogens with zero attached hydrogens (tertiary/aromatic N) is 4. The van der Waals surface area contributed by atoms with Crippen molar-refractivity contribution < 1.29 is 4.42 Å².